The van der Waals surface area contributed by atoms with Gasteiger partial charge in [0, 0.05) is 30.8 Å². The Labute approximate surface area is 187 Å². The van der Waals surface area contributed by atoms with E-state index < -0.39 is 12.1 Å². The molecule has 4 rings (SSSR count). The number of benzene rings is 2. The molecular weight excluding hydrogens is 402 g/mol. The molecule has 2 N–H and O–H groups in total. The summed E-state index contributed by atoms with van der Waals surface area (Å²) in [6.45, 7) is 1.46. The molecular formula is C26H25N3O3. The van der Waals surface area contributed by atoms with Gasteiger partial charge in [-0.05, 0) is 42.3 Å². The van der Waals surface area contributed by atoms with Crippen molar-refractivity contribution in [1.29, 1.82) is 5.26 Å². The standard InChI is InChI=1S/C26H25N3O3/c1-18(31)26-28-12-13-29(26)23(17-30)9-4-19-2-5-21(6-3-19)22-7-10-24(11-8-22)32-25-14-20(15-25)16-27/h2-3,5-8,10-13,18,20,23,25,30-31H,14-15,17H2,1H3/t18-,20?,23-,25?/m0/s1. The van der Waals surface area contributed by atoms with Crippen LogP contribution in [-0.4, -0.2) is 32.5 Å². The molecule has 2 atom stereocenters. The zero-order valence-electron chi connectivity index (χ0n) is 17.8. The summed E-state index contributed by atoms with van der Waals surface area (Å²) in [5.74, 6) is 7.59. The van der Waals surface area contributed by atoms with E-state index in [1.165, 1.54) is 0 Å². The van der Waals surface area contributed by atoms with Crippen molar-refractivity contribution in [3.63, 3.8) is 0 Å². The molecule has 0 spiro atoms. The first-order chi connectivity index (χ1) is 15.6. The third kappa shape index (κ3) is 4.84. The fourth-order valence-electron chi connectivity index (χ4n) is 3.71. The van der Waals surface area contributed by atoms with E-state index in [4.69, 9.17) is 10.00 Å². The van der Waals surface area contributed by atoms with E-state index in [1.54, 1.807) is 23.9 Å². The molecule has 1 aliphatic rings. The average molecular weight is 428 g/mol. The summed E-state index contributed by atoms with van der Waals surface area (Å²) in [4.78, 5) is 4.13. The van der Waals surface area contributed by atoms with Crippen LogP contribution in [0.25, 0.3) is 11.1 Å². The van der Waals surface area contributed by atoms with Gasteiger partial charge in [0.2, 0.25) is 0 Å². The molecule has 0 radical (unpaired) electrons. The number of hydrogen-bond donors (Lipinski definition) is 2. The van der Waals surface area contributed by atoms with Gasteiger partial charge in [-0.2, -0.15) is 5.26 Å². The highest BCUT2D eigenvalue weighted by molar-refractivity contribution is 5.65. The highest BCUT2D eigenvalue weighted by Crippen LogP contribution is 2.31. The summed E-state index contributed by atoms with van der Waals surface area (Å²) in [6.07, 6.45) is 4.32. The van der Waals surface area contributed by atoms with Crippen LogP contribution in [0.2, 0.25) is 0 Å². The van der Waals surface area contributed by atoms with Crippen molar-refractivity contribution in [1.82, 2.24) is 9.55 Å². The van der Waals surface area contributed by atoms with Gasteiger partial charge in [0.15, 0.2) is 0 Å². The highest BCUT2D eigenvalue weighted by Gasteiger charge is 2.30. The second-order valence-corrected chi connectivity index (χ2v) is 7.98. The van der Waals surface area contributed by atoms with Gasteiger partial charge in [0.1, 0.15) is 29.8 Å². The number of aromatic nitrogens is 2. The van der Waals surface area contributed by atoms with E-state index in [9.17, 15) is 10.2 Å². The summed E-state index contributed by atoms with van der Waals surface area (Å²) in [7, 11) is 0. The first kappa shape index (κ1) is 21.6. The van der Waals surface area contributed by atoms with Crippen LogP contribution in [0.1, 0.15) is 43.3 Å². The molecule has 0 amide bonds. The van der Waals surface area contributed by atoms with E-state index in [0.29, 0.717) is 5.82 Å². The minimum absolute atomic E-state index is 0.133. The van der Waals surface area contributed by atoms with Gasteiger partial charge in [-0.1, -0.05) is 36.1 Å². The summed E-state index contributed by atoms with van der Waals surface area (Å²) < 4.78 is 7.59. The van der Waals surface area contributed by atoms with E-state index in [0.717, 1.165) is 35.3 Å². The quantitative estimate of drug-likeness (QED) is 0.583. The Balaban J connectivity index is 1.41. The lowest BCUT2D eigenvalue weighted by Gasteiger charge is -2.30. The Morgan fingerprint density at radius 3 is 2.38 bits per heavy atom. The van der Waals surface area contributed by atoms with Gasteiger partial charge in [0.05, 0.1) is 18.6 Å². The van der Waals surface area contributed by atoms with Gasteiger partial charge in [-0.15, -0.1) is 0 Å². The number of nitrogens with zero attached hydrogens (tertiary/aromatic N) is 3. The smallest absolute Gasteiger partial charge is 0.138 e. The number of aliphatic hydroxyl groups is 2. The fourth-order valence-corrected chi connectivity index (χ4v) is 3.71. The number of rotatable bonds is 6. The summed E-state index contributed by atoms with van der Waals surface area (Å²) >= 11 is 0. The molecule has 0 aliphatic heterocycles. The average Bonchev–Trinajstić information content (AvgIpc) is 3.27. The molecule has 0 unspecified atom stereocenters. The molecule has 1 heterocycles. The summed E-state index contributed by atoms with van der Waals surface area (Å²) in [6, 6.07) is 17.7. The zero-order chi connectivity index (χ0) is 22.5. The third-order valence-electron chi connectivity index (χ3n) is 5.62. The van der Waals surface area contributed by atoms with E-state index in [2.05, 4.69) is 22.9 Å². The molecule has 1 aliphatic carbocycles. The number of ether oxygens (including phenoxy) is 1. The largest absolute Gasteiger partial charge is 0.490 e. The molecule has 32 heavy (non-hydrogen) atoms. The Bertz CT molecular complexity index is 1140. The van der Waals surface area contributed by atoms with Crippen LogP contribution in [-0.2, 0) is 0 Å². The molecule has 162 valence electrons. The number of imidazole rings is 1. The van der Waals surface area contributed by atoms with Gasteiger partial charge < -0.3 is 19.5 Å². The molecule has 3 aromatic rings. The predicted molar refractivity (Wildman–Crippen MR) is 120 cm³/mol. The maximum Gasteiger partial charge on any atom is 0.138 e. The van der Waals surface area contributed by atoms with Crippen LogP contribution in [0, 0.1) is 29.1 Å². The molecule has 1 saturated carbocycles. The SMILES string of the molecule is C[C@H](O)c1nccn1[C@@H](C#Cc1ccc(-c2ccc(OC3CC(C#N)C3)cc2)cc1)CO. The topological polar surface area (TPSA) is 91.3 Å². The Hall–Kier alpha value is -3.58. The second-order valence-electron chi connectivity index (χ2n) is 7.98. The van der Waals surface area contributed by atoms with Crippen molar-refractivity contribution in [2.75, 3.05) is 6.61 Å². The van der Waals surface area contributed by atoms with Crippen LogP contribution >= 0.6 is 0 Å². The van der Waals surface area contributed by atoms with E-state index in [1.807, 2.05) is 48.5 Å². The zero-order valence-corrected chi connectivity index (χ0v) is 17.8. The molecule has 1 aromatic heterocycles. The third-order valence-corrected chi connectivity index (χ3v) is 5.62. The lowest BCUT2D eigenvalue weighted by Crippen LogP contribution is -2.32. The van der Waals surface area contributed by atoms with Crippen molar-refractivity contribution in [2.24, 2.45) is 5.92 Å². The minimum atomic E-state index is -0.736. The summed E-state index contributed by atoms with van der Waals surface area (Å²) in [5.41, 5.74) is 2.98. The van der Waals surface area contributed by atoms with Crippen molar-refractivity contribution < 1.29 is 14.9 Å². The molecule has 1 fully saturated rings. The number of aliphatic hydroxyl groups excluding tert-OH is 2. The molecule has 0 saturated heterocycles. The van der Waals surface area contributed by atoms with Crippen LogP contribution in [0.3, 0.4) is 0 Å². The van der Waals surface area contributed by atoms with Crippen LogP contribution < -0.4 is 4.74 Å². The Kier molecular flexibility index (Phi) is 6.56. The van der Waals surface area contributed by atoms with Crippen molar-refractivity contribution in [3.8, 4) is 34.8 Å². The van der Waals surface area contributed by atoms with Gasteiger partial charge in [-0.3, -0.25) is 0 Å². The first-order valence-corrected chi connectivity index (χ1v) is 10.7. The van der Waals surface area contributed by atoms with Crippen molar-refractivity contribution >= 4 is 0 Å². The Morgan fingerprint density at radius 2 is 1.78 bits per heavy atom. The van der Waals surface area contributed by atoms with Crippen LogP contribution in [0.4, 0.5) is 0 Å². The first-order valence-electron chi connectivity index (χ1n) is 10.7. The highest BCUT2D eigenvalue weighted by atomic mass is 16.5. The molecule has 6 heteroatoms. The number of hydrogen-bond acceptors (Lipinski definition) is 5. The minimum Gasteiger partial charge on any atom is -0.490 e. The lowest BCUT2D eigenvalue weighted by molar-refractivity contribution is 0.0893. The monoisotopic (exact) mass is 427 g/mol. The fraction of sp³-hybridized carbons (Fsp3) is 0.308. The molecule has 2 aromatic carbocycles. The van der Waals surface area contributed by atoms with Gasteiger partial charge in [0.25, 0.3) is 0 Å². The molecule has 0 bridgehead atoms. The Morgan fingerprint density at radius 1 is 1.12 bits per heavy atom. The maximum absolute atomic E-state index is 9.83. The van der Waals surface area contributed by atoms with Crippen LogP contribution in [0.15, 0.2) is 60.9 Å². The van der Waals surface area contributed by atoms with Gasteiger partial charge in [-0.25, -0.2) is 4.98 Å². The number of nitriles is 1. The summed E-state index contributed by atoms with van der Waals surface area (Å²) in [5, 5.41) is 28.4. The van der Waals surface area contributed by atoms with E-state index in [-0.39, 0.29) is 18.6 Å². The van der Waals surface area contributed by atoms with Crippen molar-refractivity contribution in [2.45, 2.75) is 38.0 Å². The lowest BCUT2D eigenvalue weighted by atomic mass is 9.83. The normalized spacial score (nSPS) is 19.1. The predicted octanol–water partition coefficient (Wildman–Crippen LogP) is 3.87. The van der Waals surface area contributed by atoms with Gasteiger partial charge >= 0.3 is 0 Å². The molecule has 6 nitrogen and oxygen atoms in total. The van der Waals surface area contributed by atoms with E-state index >= 15 is 0 Å². The second kappa shape index (κ2) is 9.70. The van der Waals surface area contributed by atoms with Crippen LogP contribution in [0.5, 0.6) is 5.75 Å². The van der Waals surface area contributed by atoms with Crippen molar-refractivity contribution in [3.05, 3.63) is 72.3 Å². The maximum atomic E-state index is 9.83.